The lowest BCUT2D eigenvalue weighted by Gasteiger charge is -2.16. The van der Waals surface area contributed by atoms with Crippen LogP contribution >= 0.6 is 11.8 Å². The summed E-state index contributed by atoms with van der Waals surface area (Å²) in [7, 11) is 1.88. The largest absolute Gasteiger partial charge is 0.373 e. The predicted octanol–water partition coefficient (Wildman–Crippen LogP) is 2.68. The maximum Gasteiger partial charge on any atom is 0.128 e. The van der Waals surface area contributed by atoms with Gasteiger partial charge in [-0.25, -0.2) is 4.98 Å². The number of hydrogen-bond acceptors (Lipinski definition) is 4. The van der Waals surface area contributed by atoms with Crippen molar-refractivity contribution in [1.29, 1.82) is 0 Å². The van der Waals surface area contributed by atoms with Gasteiger partial charge in [0.05, 0.1) is 0 Å². The van der Waals surface area contributed by atoms with E-state index in [9.17, 15) is 0 Å². The van der Waals surface area contributed by atoms with E-state index in [0.717, 1.165) is 23.8 Å². The van der Waals surface area contributed by atoms with Crippen LogP contribution in [-0.4, -0.2) is 30.1 Å². The second kappa shape index (κ2) is 6.56. The summed E-state index contributed by atoms with van der Waals surface area (Å²) in [5.74, 6) is 2.96. The summed E-state index contributed by atoms with van der Waals surface area (Å²) in [6.45, 7) is 2.19. The molecule has 0 aliphatic heterocycles. The van der Waals surface area contributed by atoms with Crippen LogP contribution in [0, 0.1) is 0 Å². The van der Waals surface area contributed by atoms with Gasteiger partial charge in [-0.05, 0) is 24.8 Å². The lowest BCUT2D eigenvalue weighted by molar-refractivity contribution is 0.770. The number of thioether (sulfide) groups is 1. The molecule has 1 heterocycles. The molecule has 0 bridgehead atoms. The molecule has 3 nitrogen and oxygen atoms in total. The molecule has 4 heteroatoms. The third-order valence-electron chi connectivity index (χ3n) is 2.22. The first-order chi connectivity index (χ1) is 7.30. The Morgan fingerprint density at radius 3 is 2.73 bits per heavy atom. The molecule has 0 radical (unpaired) electrons. The van der Waals surface area contributed by atoms with E-state index < -0.39 is 0 Å². The Hall–Kier alpha value is -0.900. The first-order valence-corrected chi connectivity index (χ1v) is 6.59. The van der Waals surface area contributed by atoms with E-state index in [2.05, 4.69) is 28.8 Å². The topological polar surface area (TPSA) is 37.0 Å². The Kier molecular flexibility index (Phi) is 5.32. The summed E-state index contributed by atoms with van der Waals surface area (Å²) in [6, 6.07) is 6.47. The Labute approximate surface area is 96.1 Å². The van der Waals surface area contributed by atoms with Gasteiger partial charge in [0.2, 0.25) is 0 Å². The zero-order valence-electron chi connectivity index (χ0n) is 9.58. The summed E-state index contributed by atoms with van der Waals surface area (Å²) in [5, 5.41) is 6.47. The number of hydrogen-bond donors (Lipinski definition) is 2. The SMILES string of the molecule is CCC(CSC)Nc1cccc(NC)n1. The highest BCUT2D eigenvalue weighted by Gasteiger charge is 2.05. The van der Waals surface area contributed by atoms with E-state index in [0.29, 0.717) is 6.04 Å². The van der Waals surface area contributed by atoms with E-state index in [1.54, 1.807) is 0 Å². The summed E-state index contributed by atoms with van der Waals surface area (Å²) in [6.07, 6.45) is 3.24. The third-order valence-corrected chi connectivity index (χ3v) is 2.95. The zero-order chi connectivity index (χ0) is 11.1. The molecule has 1 unspecified atom stereocenters. The highest BCUT2D eigenvalue weighted by atomic mass is 32.2. The Morgan fingerprint density at radius 1 is 1.40 bits per heavy atom. The first-order valence-electron chi connectivity index (χ1n) is 5.20. The zero-order valence-corrected chi connectivity index (χ0v) is 10.4. The van der Waals surface area contributed by atoms with Crippen LogP contribution in [0.25, 0.3) is 0 Å². The van der Waals surface area contributed by atoms with Crippen LogP contribution in [0.3, 0.4) is 0 Å². The second-order valence-electron chi connectivity index (χ2n) is 3.36. The maximum absolute atomic E-state index is 4.43. The van der Waals surface area contributed by atoms with Crippen molar-refractivity contribution in [2.45, 2.75) is 19.4 Å². The highest BCUT2D eigenvalue weighted by molar-refractivity contribution is 7.98. The summed E-state index contributed by atoms with van der Waals surface area (Å²) < 4.78 is 0. The minimum absolute atomic E-state index is 0.500. The molecule has 0 aliphatic rings. The predicted molar refractivity (Wildman–Crippen MR) is 69.9 cm³/mol. The molecular formula is C11H19N3S. The lowest BCUT2D eigenvalue weighted by Crippen LogP contribution is -2.21. The smallest absolute Gasteiger partial charge is 0.128 e. The molecule has 0 fully saturated rings. The number of pyridine rings is 1. The van der Waals surface area contributed by atoms with Crippen molar-refractivity contribution in [1.82, 2.24) is 4.98 Å². The molecule has 1 aromatic rings. The van der Waals surface area contributed by atoms with E-state index in [1.165, 1.54) is 0 Å². The van der Waals surface area contributed by atoms with Gasteiger partial charge in [0.1, 0.15) is 11.6 Å². The van der Waals surface area contributed by atoms with Crippen LogP contribution in [0.4, 0.5) is 11.6 Å². The molecule has 0 aliphatic carbocycles. The minimum atomic E-state index is 0.500. The molecule has 0 aromatic carbocycles. The molecule has 15 heavy (non-hydrogen) atoms. The summed E-state index contributed by atoms with van der Waals surface area (Å²) in [4.78, 5) is 4.43. The standard InChI is InChI=1S/C11H19N3S/c1-4-9(8-15-3)13-11-7-5-6-10(12-2)14-11/h5-7,9H,4,8H2,1-3H3,(H2,12,13,14). The van der Waals surface area contributed by atoms with Gasteiger partial charge in [-0.15, -0.1) is 0 Å². The van der Waals surface area contributed by atoms with Gasteiger partial charge in [-0.2, -0.15) is 11.8 Å². The van der Waals surface area contributed by atoms with Gasteiger partial charge in [-0.1, -0.05) is 13.0 Å². The average Bonchev–Trinajstić information content (AvgIpc) is 2.29. The van der Waals surface area contributed by atoms with Crippen molar-refractivity contribution in [3.63, 3.8) is 0 Å². The monoisotopic (exact) mass is 225 g/mol. The number of anilines is 2. The van der Waals surface area contributed by atoms with Crippen LogP contribution in [0.2, 0.25) is 0 Å². The fourth-order valence-corrected chi connectivity index (χ4v) is 2.05. The number of rotatable bonds is 6. The van der Waals surface area contributed by atoms with Crippen molar-refractivity contribution in [3.8, 4) is 0 Å². The highest BCUT2D eigenvalue weighted by Crippen LogP contribution is 2.12. The fourth-order valence-electron chi connectivity index (χ4n) is 1.33. The van der Waals surface area contributed by atoms with Gasteiger partial charge >= 0.3 is 0 Å². The quantitative estimate of drug-likeness (QED) is 0.780. The molecule has 0 saturated heterocycles. The van der Waals surface area contributed by atoms with E-state index >= 15 is 0 Å². The molecule has 1 rings (SSSR count). The Bertz CT molecular complexity index is 291. The van der Waals surface area contributed by atoms with Crippen LogP contribution in [0.15, 0.2) is 18.2 Å². The number of aromatic nitrogens is 1. The van der Waals surface area contributed by atoms with Gasteiger partial charge in [0.15, 0.2) is 0 Å². The number of nitrogens with zero attached hydrogens (tertiary/aromatic N) is 1. The molecule has 84 valence electrons. The van der Waals surface area contributed by atoms with Crippen LogP contribution in [0.1, 0.15) is 13.3 Å². The third kappa shape index (κ3) is 4.00. The molecule has 2 N–H and O–H groups in total. The summed E-state index contributed by atoms with van der Waals surface area (Å²) >= 11 is 1.86. The Balaban J connectivity index is 2.61. The molecule has 1 atom stereocenters. The van der Waals surface area contributed by atoms with Gasteiger partial charge in [0, 0.05) is 18.8 Å². The van der Waals surface area contributed by atoms with Crippen molar-refractivity contribution in [2.75, 3.05) is 29.7 Å². The maximum atomic E-state index is 4.43. The van der Waals surface area contributed by atoms with Crippen LogP contribution in [-0.2, 0) is 0 Å². The molecule has 1 aromatic heterocycles. The molecule has 0 saturated carbocycles. The first kappa shape index (κ1) is 12.2. The lowest BCUT2D eigenvalue weighted by atomic mass is 10.2. The van der Waals surface area contributed by atoms with E-state index in [4.69, 9.17) is 0 Å². The second-order valence-corrected chi connectivity index (χ2v) is 4.27. The number of nitrogens with one attached hydrogen (secondary N) is 2. The molecular weight excluding hydrogens is 206 g/mol. The van der Waals surface area contributed by atoms with E-state index in [1.807, 2.05) is 37.0 Å². The van der Waals surface area contributed by atoms with Crippen molar-refractivity contribution in [2.24, 2.45) is 0 Å². The fraction of sp³-hybridized carbons (Fsp3) is 0.545. The van der Waals surface area contributed by atoms with Crippen LogP contribution in [0.5, 0.6) is 0 Å². The average molecular weight is 225 g/mol. The van der Waals surface area contributed by atoms with Gasteiger partial charge < -0.3 is 10.6 Å². The van der Waals surface area contributed by atoms with E-state index in [-0.39, 0.29) is 0 Å². The summed E-state index contributed by atoms with van der Waals surface area (Å²) in [5.41, 5.74) is 0. The minimum Gasteiger partial charge on any atom is -0.373 e. The van der Waals surface area contributed by atoms with Gasteiger partial charge in [-0.3, -0.25) is 0 Å². The van der Waals surface area contributed by atoms with Crippen molar-refractivity contribution < 1.29 is 0 Å². The molecule has 0 spiro atoms. The van der Waals surface area contributed by atoms with Crippen molar-refractivity contribution in [3.05, 3.63) is 18.2 Å². The van der Waals surface area contributed by atoms with Crippen LogP contribution < -0.4 is 10.6 Å². The molecule has 0 amide bonds. The normalized spacial score (nSPS) is 12.2. The van der Waals surface area contributed by atoms with Gasteiger partial charge in [0.25, 0.3) is 0 Å². The Morgan fingerprint density at radius 2 is 2.13 bits per heavy atom. The van der Waals surface area contributed by atoms with Crippen molar-refractivity contribution >= 4 is 23.4 Å².